The van der Waals surface area contributed by atoms with Crippen LogP contribution in [-0.2, 0) is 0 Å². The molecule has 0 saturated carbocycles. The van der Waals surface area contributed by atoms with Crippen molar-refractivity contribution in [3.05, 3.63) is 29.8 Å². The van der Waals surface area contributed by atoms with Gasteiger partial charge in [0.05, 0.1) is 6.61 Å². The predicted molar refractivity (Wildman–Crippen MR) is 48.6 cm³/mol. The minimum absolute atomic E-state index is 0. The van der Waals surface area contributed by atoms with E-state index in [1.54, 1.807) is 24.3 Å². The minimum atomic E-state index is -4.73. The minimum Gasteiger partial charge on any atom is -0.493 e. The average Bonchev–Trinajstić information content (AvgIpc) is 2.47. The van der Waals surface area contributed by atoms with Crippen molar-refractivity contribution in [3.8, 4) is 5.75 Å². The van der Waals surface area contributed by atoms with E-state index in [-0.39, 0.29) is 58.0 Å². The Hall–Kier alpha value is 0.511. The Kier molecular flexibility index (Phi) is 4.73. The number of ether oxygens (including phenoxy) is 1. The molecule has 1 aromatic carbocycles. The van der Waals surface area contributed by atoms with Crippen LogP contribution in [0.3, 0.4) is 0 Å². The van der Waals surface area contributed by atoms with E-state index >= 15 is 0 Å². The molecule has 0 N–H and O–H groups in total. The van der Waals surface area contributed by atoms with Crippen LogP contribution in [0.2, 0.25) is 6.32 Å². The van der Waals surface area contributed by atoms with Gasteiger partial charge in [-0.2, -0.15) is 0 Å². The van der Waals surface area contributed by atoms with Crippen LogP contribution >= 0.6 is 0 Å². The molecule has 2 rings (SSSR count). The summed E-state index contributed by atoms with van der Waals surface area (Å²) in [7, 11) is 0. The van der Waals surface area contributed by atoms with Crippen LogP contribution in [0.4, 0.5) is 12.9 Å². The largest absolute Gasteiger partial charge is 1.00 e. The van der Waals surface area contributed by atoms with Crippen LogP contribution in [0.15, 0.2) is 24.3 Å². The molecule has 1 aliphatic heterocycles. The maximum absolute atomic E-state index is 12.2. The van der Waals surface area contributed by atoms with Gasteiger partial charge < -0.3 is 17.7 Å². The molecule has 6 heteroatoms. The fourth-order valence-electron chi connectivity index (χ4n) is 1.75. The van der Waals surface area contributed by atoms with Gasteiger partial charge in [0.15, 0.2) is 0 Å². The SMILES string of the molecule is F[B-](F)(F)CC1COc2ccccc21.[K+]. The molecule has 0 fully saturated rings. The second-order valence-corrected chi connectivity index (χ2v) is 3.49. The summed E-state index contributed by atoms with van der Waals surface area (Å²) in [5, 5.41) is 0. The molecule has 1 aromatic rings. The first-order valence-electron chi connectivity index (χ1n) is 4.49. The molecule has 1 atom stereocenters. The summed E-state index contributed by atoms with van der Waals surface area (Å²) in [6.07, 6.45) is -0.739. The number of para-hydroxylation sites is 1. The first-order valence-corrected chi connectivity index (χ1v) is 4.49. The normalized spacial score (nSPS) is 19.0. The van der Waals surface area contributed by atoms with Crippen LogP contribution in [-0.4, -0.2) is 13.6 Å². The molecule has 1 unspecified atom stereocenters. The molecule has 0 radical (unpaired) electrons. The summed E-state index contributed by atoms with van der Waals surface area (Å²) in [6.45, 7) is -4.57. The molecule has 1 nitrogen and oxygen atoms in total. The van der Waals surface area contributed by atoms with Gasteiger partial charge in [0.1, 0.15) is 5.75 Å². The Balaban J connectivity index is 0.00000112. The summed E-state index contributed by atoms with van der Waals surface area (Å²) in [5.41, 5.74) is 0.687. The van der Waals surface area contributed by atoms with Crippen molar-refractivity contribution in [1.82, 2.24) is 0 Å². The fraction of sp³-hybridized carbons (Fsp3) is 0.333. The van der Waals surface area contributed by atoms with Crippen molar-refractivity contribution in [3.63, 3.8) is 0 Å². The molecule has 15 heavy (non-hydrogen) atoms. The number of rotatable bonds is 2. The Labute approximate surface area is 129 Å². The third-order valence-corrected chi connectivity index (χ3v) is 2.35. The Morgan fingerprint density at radius 2 is 1.93 bits per heavy atom. The van der Waals surface area contributed by atoms with Gasteiger partial charge in [0.2, 0.25) is 0 Å². The van der Waals surface area contributed by atoms with Crippen LogP contribution in [0.5, 0.6) is 5.75 Å². The molecule has 0 aromatic heterocycles. The fourth-order valence-corrected chi connectivity index (χ4v) is 1.75. The van der Waals surface area contributed by atoms with Crippen LogP contribution in [0, 0.1) is 0 Å². The molecule has 76 valence electrons. The maximum atomic E-state index is 12.2. The number of hydrogen-bond donors (Lipinski definition) is 0. The average molecular weight is 240 g/mol. The quantitative estimate of drug-likeness (QED) is 0.662. The van der Waals surface area contributed by atoms with Crippen LogP contribution in [0.1, 0.15) is 11.5 Å². The molecule has 0 saturated heterocycles. The summed E-state index contributed by atoms with van der Waals surface area (Å²) < 4.78 is 41.8. The standard InChI is InChI=1S/C9H9BF3O.K/c11-10(12,13)5-7-6-14-9-4-2-1-3-8(7)9;/h1-4,7H,5-6H2;/q-1;+1. The topological polar surface area (TPSA) is 9.23 Å². The molecular weight excluding hydrogens is 231 g/mol. The van der Waals surface area contributed by atoms with Gasteiger partial charge in [0, 0.05) is 0 Å². The molecule has 0 bridgehead atoms. The zero-order valence-electron chi connectivity index (χ0n) is 8.42. The molecule has 0 spiro atoms. The Morgan fingerprint density at radius 1 is 1.27 bits per heavy atom. The van der Waals surface area contributed by atoms with Gasteiger partial charge >= 0.3 is 58.4 Å². The zero-order valence-corrected chi connectivity index (χ0v) is 11.5. The molecule has 1 aliphatic rings. The van der Waals surface area contributed by atoms with Gasteiger partial charge in [-0.3, -0.25) is 0 Å². The number of hydrogen-bond acceptors (Lipinski definition) is 1. The van der Waals surface area contributed by atoms with Gasteiger partial charge in [-0.1, -0.05) is 24.5 Å². The first-order chi connectivity index (χ1) is 6.56. The van der Waals surface area contributed by atoms with Gasteiger partial charge in [-0.15, -0.1) is 0 Å². The molecular formula is C9H9BF3KO. The van der Waals surface area contributed by atoms with Crippen molar-refractivity contribution < 1.29 is 69.1 Å². The van der Waals surface area contributed by atoms with Crippen molar-refractivity contribution in [2.75, 3.05) is 6.61 Å². The molecule has 1 heterocycles. The van der Waals surface area contributed by atoms with Gasteiger partial charge in [-0.25, -0.2) is 0 Å². The summed E-state index contributed by atoms with van der Waals surface area (Å²) in [5.74, 6) is 0.0868. The zero-order chi connectivity index (χ0) is 10.2. The first kappa shape index (κ1) is 13.6. The van der Waals surface area contributed by atoms with Crippen molar-refractivity contribution in [2.45, 2.75) is 12.2 Å². The molecule has 0 amide bonds. The Morgan fingerprint density at radius 3 is 2.60 bits per heavy atom. The van der Waals surface area contributed by atoms with Crippen molar-refractivity contribution in [2.24, 2.45) is 0 Å². The van der Waals surface area contributed by atoms with E-state index in [4.69, 9.17) is 4.74 Å². The van der Waals surface area contributed by atoms with Crippen molar-refractivity contribution in [1.29, 1.82) is 0 Å². The van der Waals surface area contributed by atoms with Crippen molar-refractivity contribution >= 4 is 6.98 Å². The van der Waals surface area contributed by atoms with E-state index in [2.05, 4.69) is 0 Å². The van der Waals surface area contributed by atoms with E-state index in [1.165, 1.54) is 0 Å². The van der Waals surface area contributed by atoms with E-state index in [1.807, 2.05) is 0 Å². The third kappa shape index (κ3) is 3.49. The van der Waals surface area contributed by atoms with E-state index in [0.717, 1.165) is 0 Å². The number of benzene rings is 1. The Bertz CT molecular complexity index is 342. The number of halogens is 3. The van der Waals surface area contributed by atoms with E-state index in [9.17, 15) is 12.9 Å². The second-order valence-electron chi connectivity index (χ2n) is 3.49. The van der Waals surface area contributed by atoms with Crippen LogP contribution in [0.25, 0.3) is 0 Å². The summed E-state index contributed by atoms with van der Waals surface area (Å²) in [6, 6.07) is 6.91. The van der Waals surface area contributed by atoms with E-state index < -0.39 is 19.2 Å². The second kappa shape index (κ2) is 5.23. The smallest absolute Gasteiger partial charge is 0.493 e. The van der Waals surface area contributed by atoms with E-state index in [0.29, 0.717) is 11.3 Å². The third-order valence-electron chi connectivity index (χ3n) is 2.35. The van der Waals surface area contributed by atoms with Gasteiger partial charge in [0.25, 0.3) is 0 Å². The summed E-state index contributed by atoms with van der Waals surface area (Å²) in [4.78, 5) is 0. The monoisotopic (exact) mass is 240 g/mol. The number of fused-ring (bicyclic) bond motifs is 1. The van der Waals surface area contributed by atoms with Crippen LogP contribution < -0.4 is 56.1 Å². The molecule has 0 aliphatic carbocycles. The predicted octanol–water partition coefficient (Wildman–Crippen LogP) is 0.0140. The summed E-state index contributed by atoms with van der Waals surface area (Å²) >= 11 is 0. The van der Waals surface area contributed by atoms with Gasteiger partial charge in [-0.05, 0) is 17.5 Å². The maximum Gasteiger partial charge on any atom is 1.00 e.